The van der Waals surface area contributed by atoms with E-state index in [4.69, 9.17) is 4.74 Å². The molecule has 0 saturated heterocycles. The van der Waals surface area contributed by atoms with E-state index in [1.165, 1.54) is 0 Å². The molecule has 0 radical (unpaired) electrons. The Bertz CT molecular complexity index is 985. The highest BCUT2D eigenvalue weighted by molar-refractivity contribution is 6.07. The van der Waals surface area contributed by atoms with Crippen molar-refractivity contribution in [2.45, 2.75) is 52.0 Å². The molecule has 0 spiro atoms. The van der Waals surface area contributed by atoms with Crippen LogP contribution in [-0.2, 0) is 9.53 Å². The van der Waals surface area contributed by atoms with Gasteiger partial charge in [-0.1, -0.05) is 50.8 Å². The zero-order chi connectivity index (χ0) is 22.1. The van der Waals surface area contributed by atoms with Gasteiger partial charge in [0, 0.05) is 11.8 Å². The Labute approximate surface area is 180 Å². The number of aromatic nitrogens is 6. The van der Waals surface area contributed by atoms with Gasteiger partial charge in [0.25, 0.3) is 5.91 Å². The number of unbranched alkanes of at least 4 members (excludes halogenated alkanes) is 3. The number of H-pyrrole nitrogens is 1. The number of aromatic amines is 1. The van der Waals surface area contributed by atoms with Crippen LogP contribution in [-0.4, -0.2) is 48.7 Å². The third-order valence-corrected chi connectivity index (χ3v) is 4.85. The van der Waals surface area contributed by atoms with Gasteiger partial charge in [0.05, 0.1) is 18.5 Å². The molecule has 1 atom stereocenters. The normalized spacial score (nSPS) is 11.8. The quantitative estimate of drug-likeness (QED) is 0.356. The summed E-state index contributed by atoms with van der Waals surface area (Å²) in [5.41, 5.74) is 0.938. The summed E-state index contributed by atoms with van der Waals surface area (Å²) < 4.78 is 6.93. The lowest BCUT2D eigenvalue weighted by atomic mass is 10.1. The van der Waals surface area contributed by atoms with Crippen LogP contribution in [0.2, 0.25) is 0 Å². The predicted octanol–water partition coefficient (Wildman–Crippen LogP) is 3.39. The summed E-state index contributed by atoms with van der Waals surface area (Å²) in [5.74, 6) is 0.0134. The molecular formula is C21H27N7O3. The zero-order valence-corrected chi connectivity index (χ0v) is 17.7. The minimum Gasteiger partial charge on any atom is -0.464 e. The molecule has 10 heteroatoms. The summed E-state index contributed by atoms with van der Waals surface area (Å²) in [6.07, 6.45) is 8.06. The van der Waals surface area contributed by atoms with Crippen molar-refractivity contribution in [1.82, 2.24) is 30.2 Å². The van der Waals surface area contributed by atoms with Gasteiger partial charge in [0.1, 0.15) is 6.04 Å². The fourth-order valence-corrected chi connectivity index (χ4v) is 3.30. The van der Waals surface area contributed by atoms with Crippen LogP contribution in [0.25, 0.3) is 11.4 Å². The van der Waals surface area contributed by atoms with Gasteiger partial charge in [-0.25, -0.2) is 9.78 Å². The van der Waals surface area contributed by atoms with Gasteiger partial charge in [0.15, 0.2) is 5.82 Å². The molecule has 0 fully saturated rings. The van der Waals surface area contributed by atoms with Crippen LogP contribution in [0, 0.1) is 0 Å². The van der Waals surface area contributed by atoms with Gasteiger partial charge in [-0.15, -0.1) is 10.2 Å². The van der Waals surface area contributed by atoms with Crippen LogP contribution < -0.4 is 5.32 Å². The zero-order valence-electron chi connectivity index (χ0n) is 17.7. The van der Waals surface area contributed by atoms with Crippen molar-refractivity contribution in [1.29, 1.82) is 0 Å². The van der Waals surface area contributed by atoms with Crippen molar-refractivity contribution in [2.75, 3.05) is 11.9 Å². The van der Waals surface area contributed by atoms with Gasteiger partial charge in [-0.05, 0) is 24.6 Å². The van der Waals surface area contributed by atoms with Gasteiger partial charge in [0.2, 0.25) is 5.82 Å². The third kappa shape index (κ3) is 5.74. The highest BCUT2D eigenvalue weighted by Crippen LogP contribution is 2.22. The smallest absolute Gasteiger partial charge is 0.329 e. The van der Waals surface area contributed by atoms with Crippen molar-refractivity contribution in [2.24, 2.45) is 0 Å². The van der Waals surface area contributed by atoms with Gasteiger partial charge >= 0.3 is 5.97 Å². The number of tetrazole rings is 1. The van der Waals surface area contributed by atoms with E-state index in [0.29, 0.717) is 35.8 Å². The number of amides is 1. The lowest BCUT2D eigenvalue weighted by molar-refractivity contribution is -0.147. The number of hydrogen-bond donors (Lipinski definition) is 2. The first kappa shape index (κ1) is 22.1. The van der Waals surface area contributed by atoms with Crippen molar-refractivity contribution < 1.29 is 14.3 Å². The number of ether oxygens (including phenoxy) is 1. The Hall–Kier alpha value is -3.56. The molecule has 0 aliphatic carbocycles. The minimum atomic E-state index is -0.471. The largest absolute Gasteiger partial charge is 0.464 e. The lowest BCUT2D eigenvalue weighted by Crippen LogP contribution is -2.21. The molecule has 3 rings (SSSR count). The maximum absolute atomic E-state index is 12.9. The first-order chi connectivity index (χ1) is 15.1. The number of imidazole rings is 1. The van der Waals surface area contributed by atoms with E-state index in [-0.39, 0.29) is 11.9 Å². The highest BCUT2D eigenvalue weighted by Gasteiger charge is 2.22. The van der Waals surface area contributed by atoms with E-state index in [0.717, 1.165) is 25.7 Å². The number of esters is 1. The summed E-state index contributed by atoms with van der Waals surface area (Å²) in [6.45, 7) is 4.24. The second-order valence-corrected chi connectivity index (χ2v) is 7.06. The molecule has 1 amide bonds. The third-order valence-electron chi connectivity index (χ3n) is 4.85. The van der Waals surface area contributed by atoms with Crippen LogP contribution in [0.15, 0.2) is 36.8 Å². The van der Waals surface area contributed by atoms with Crippen LogP contribution in [0.5, 0.6) is 0 Å². The van der Waals surface area contributed by atoms with Crippen molar-refractivity contribution in [3.8, 4) is 11.4 Å². The SMILES string of the molecule is CCCCCCC(C(=O)OCC)n1cnc(NC(=O)c2ccccc2-c2nn[nH]n2)c1. The van der Waals surface area contributed by atoms with E-state index in [1.807, 2.05) is 0 Å². The topological polar surface area (TPSA) is 128 Å². The fraction of sp³-hybridized carbons (Fsp3) is 0.429. The molecule has 0 aliphatic heterocycles. The molecule has 10 nitrogen and oxygen atoms in total. The monoisotopic (exact) mass is 425 g/mol. The first-order valence-electron chi connectivity index (χ1n) is 10.5. The molecule has 164 valence electrons. The number of carbonyl (C=O) groups is 2. The first-order valence-corrected chi connectivity index (χ1v) is 10.5. The van der Waals surface area contributed by atoms with Crippen molar-refractivity contribution in [3.63, 3.8) is 0 Å². The summed E-state index contributed by atoms with van der Waals surface area (Å²) in [7, 11) is 0. The summed E-state index contributed by atoms with van der Waals surface area (Å²) >= 11 is 0. The molecule has 2 aromatic heterocycles. The molecule has 3 aromatic rings. The Balaban J connectivity index is 1.73. The number of anilines is 1. The molecule has 31 heavy (non-hydrogen) atoms. The van der Waals surface area contributed by atoms with E-state index in [9.17, 15) is 9.59 Å². The average molecular weight is 425 g/mol. The van der Waals surface area contributed by atoms with E-state index in [2.05, 4.69) is 37.8 Å². The second-order valence-electron chi connectivity index (χ2n) is 7.06. The van der Waals surface area contributed by atoms with Crippen molar-refractivity contribution >= 4 is 17.7 Å². The molecule has 2 heterocycles. The average Bonchev–Trinajstić information content (AvgIpc) is 3.46. The molecule has 1 unspecified atom stereocenters. The standard InChI is InChI=1S/C21H27N7O3/c1-3-5-6-7-12-17(21(30)31-4-2)28-13-18(22-14-28)23-20(29)16-11-9-8-10-15(16)19-24-26-27-25-19/h8-11,13-14,17H,3-7,12H2,1-2H3,(H,23,29)(H,24,25,26,27). The molecule has 1 aromatic carbocycles. The Kier molecular flexibility index (Phi) is 7.85. The number of hydrogen-bond acceptors (Lipinski definition) is 7. The van der Waals surface area contributed by atoms with E-state index in [1.54, 1.807) is 48.3 Å². The minimum absolute atomic E-state index is 0.295. The molecule has 0 aliphatic rings. The lowest BCUT2D eigenvalue weighted by Gasteiger charge is -2.16. The molecule has 0 saturated carbocycles. The Morgan fingerprint density at radius 2 is 2.03 bits per heavy atom. The van der Waals surface area contributed by atoms with Crippen LogP contribution in [0.4, 0.5) is 5.82 Å². The Morgan fingerprint density at radius 3 is 2.77 bits per heavy atom. The maximum atomic E-state index is 12.9. The summed E-state index contributed by atoms with van der Waals surface area (Å²) in [5, 5.41) is 16.6. The molecule has 0 bridgehead atoms. The van der Waals surface area contributed by atoms with E-state index < -0.39 is 6.04 Å². The summed E-state index contributed by atoms with van der Waals surface area (Å²) in [6, 6.07) is 6.49. The van der Waals surface area contributed by atoms with Crippen LogP contribution >= 0.6 is 0 Å². The fourth-order valence-electron chi connectivity index (χ4n) is 3.30. The maximum Gasteiger partial charge on any atom is 0.329 e. The van der Waals surface area contributed by atoms with Gasteiger partial charge in [-0.2, -0.15) is 5.21 Å². The number of rotatable bonds is 11. The molecule has 2 N–H and O–H groups in total. The number of benzene rings is 1. The second kappa shape index (κ2) is 11.0. The van der Waals surface area contributed by atoms with Crippen LogP contribution in [0.1, 0.15) is 62.4 Å². The predicted molar refractivity (Wildman–Crippen MR) is 114 cm³/mol. The van der Waals surface area contributed by atoms with Gasteiger partial charge < -0.3 is 14.6 Å². The van der Waals surface area contributed by atoms with Gasteiger partial charge in [-0.3, -0.25) is 4.79 Å². The number of carbonyl (C=O) groups excluding carboxylic acids is 2. The number of nitrogens with zero attached hydrogens (tertiary/aromatic N) is 5. The van der Waals surface area contributed by atoms with Crippen LogP contribution in [0.3, 0.4) is 0 Å². The summed E-state index contributed by atoms with van der Waals surface area (Å²) in [4.78, 5) is 29.6. The van der Waals surface area contributed by atoms with E-state index >= 15 is 0 Å². The highest BCUT2D eigenvalue weighted by atomic mass is 16.5. The van der Waals surface area contributed by atoms with Crippen molar-refractivity contribution in [3.05, 3.63) is 42.4 Å². The molecular weight excluding hydrogens is 398 g/mol. The number of nitrogens with one attached hydrogen (secondary N) is 2. The Morgan fingerprint density at radius 1 is 1.19 bits per heavy atom.